The molecule has 1 aromatic rings. The summed E-state index contributed by atoms with van der Waals surface area (Å²) in [5.74, 6) is 0.260. The molecule has 0 N–H and O–H groups in total. The van der Waals surface area contributed by atoms with E-state index in [0.29, 0.717) is 6.42 Å². The summed E-state index contributed by atoms with van der Waals surface area (Å²) < 4.78 is 0. The van der Waals surface area contributed by atoms with Crippen molar-refractivity contribution in [3.8, 4) is 0 Å². The molecule has 0 aliphatic rings. The molecule has 0 saturated heterocycles. The maximum atomic E-state index is 12.0. The second kappa shape index (κ2) is 6.90. The van der Waals surface area contributed by atoms with Crippen LogP contribution in [0.15, 0.2) is 12.1 Å². The van der Waals surface area contributed by atoms with Crippen molar-refractivity contribution in [2.45, 2.75) is 46.5 Å². The monoisotopic (exact) mass is 257 g/mol. The Labute approximate surface area is 126 Å². The molecular weight excluding hydrogens is 234 g/mol. The van der Waals surface area contributed by atoms with Crippen LogP contribution in [0.25, 0.3) is 0 Å². The Hall–Kier alpha value is -0.0826. The largest absolute Gasteiger partial charge is 0.294 e. The van der Waals surface area contributed by atoms with Crippen LogP contribution in [-0.4, -0.2) is 30.8 Å². The van der Waals surface area contributed by atoms with Crippen molar-refractivity contribution in [2.75, 3.05) is 6.16 Å². The minimum atomic E-state index is 0. The van der Waals surface area contributed by atoms with E-state index in [4.69, 9.17) is 0 Å². The third kappa shape index (κ3) is 4.24. The smallest absolute Gasteiger partial charge is 0.163 e. The Morgan fingerprint density at radius 1 is 1.17 bits per heavy atom. The van der Waals surface area contributed by atoms with Gasteiger partial charge >= 0.3 is 0 Å². The summed E-state index contributed by atoms with van der Waals surface area (Å²) in [6.07, 6.45) is 1.44. The third-order valence-electron chi connectivity index (χ3n) is 3.05. The molecule has 0 aliphatic carbocycles. The fourth-order valence-electron chi connectivity index (χ4n) is 2.09. The topological polar surface area (TPSA) is 17.1 Å². The van der Waals surface area contributed by atoms with Crippen molar-refractivity contribution in [3.05, 3.63) is 34.4 Å². The molecule has 1 aromatic carbocycles. The van der Waals surface area contributed by atoms with Crippen LogP contribution in [0.1, 0.15) is 54.2 Å². The first kappa shape index (κ1) is 17.9. The molecule has 0 saturated carbocycles. The maximum absolute atomic E-state index is 12.0. The Bertz CT molecular complexity index is 410. The number of hydrogen-bond donors (Lipinski definition) is 0. The summed E-state index contributed by atoms with van der Waals surface area (Å²) in [6, 6.07) is 4.31. The third-order valence-corrected chi connectivity index (χ3v) is 3.34. The predicted molar refractivity (Wildman–Crippen MR) is 83.9 cm³/mol. The van der Waals surface area contributed by atoms with Gasteiger partial charge in [-0.25, -0.2) is 0 Å². The Kier molecular flexibility index (Phi) is 6.87. The summed E-state index contributed by atoms with van der Waals surface area (Å²) in [4.78, 5) is 12.0. The minimum Gasteiger partial charge on any atom is -0.294 e. The van der Waals surface area contributed by atoms with Gasteiger partial charge in [-0.3, -0.25) is 4.79 Å². The normalized spacial score (nSPS) is 11.0. The molecule has 0 heterocycles. The molecule has 1 atom stereocenters. The van der Waals surface area contributed by atoms with Gasteiger partial charge in [-0.05, 0) is 42.1 Å². The van der Waals surface area contributed by atoms with E-state index in [9.17, 15) is 4.79 Å². The average molecular weight is 257 g/mol. The van der Waals surface area contributed by atoms with Crippen LogP contribution >= 0.6 is 9.24 Å². The fourth-order valence-corrected chi connectivity index (χ4v) is 2.35. The van der Waals surface area contributed by atoms with Gasteiger partial charge in [0, 0.05) is 30.8 Å². The van der Waals surface area contributed by atoms with Crippen molar-refractivity contribution in [1.82, 2.24) is 0 Å². The molecular formula is C15H23LiOP. The summed E-state index contributed by atoms with van der Waals surface area (Å²) in [5.41, 5.74) is 4.57. The number of carbonyl (C=O) groups is 1. The van der Waals surface area contributed by atoms with E-state index in [0.717, 1.165) is 22.9 Å². The standard InChI is InChI=1S/C15H23OP.Li/c1-10-8-12(15(3,4)5)9-11(2)14(10)13(16)6-7-17;/h8-9H,6-7,17H2,1-5H3;. The number of carbonyl (C=O) groups excluding carboxylic acids is 1. The van der Waals surface area contributed by atoms with E-state index in [1.165, 1.54) is 5.56 Å². The zero-order chi connectivity index (χ0) is 13.2. The van der Waals surface area contributed by atoms with Gasteiger partial charge in [0.05, 0.1) is 0 Å². The zero-order valence-corrected chi connectivity index (χ0v) is 13.7. The molecule has 0 amide bonds. The van der Waals surface area contributed by atoms with Crippen LogP contribution in [0.3, 0.4) is 0 Å². The van der Waals surface area contributed by atoms with Gasteiger partial charge in [-0.2, -0.15) is 0 Å². The number of benzene rings is 1. The summed E-state index contributed by atoms with van der Waals surface area (Å²) in [6.45, 7) is 10.7. The average Bonchev–Trinajstić information content (AvgIpc) is 2.15. The molecule has 18 heavy (non-hydrogen) atoms. The molecule has 1 rings (SSSR count). The van der Waals surface area contributed by atoms with Crippen LogP contribution in [0.4, 0.5) is 0 Å². The second-order valence-corrected chi connectivity index (χ2v) is 6.27. The number of Topliss-reactive ketones (excluding diaryl/α,β-unsaturated/α-hetero) is 1. The van der Waals surface area contributed by atoms with Crippen LogP contribution in [0.5, 0.6) is 0 Å². The number of rotatable bonds is 3. The molecule has 0 bridgehead atoms. The molecule has 0 aliphatic heterocycles. The van der Waals surface area contributed by atoms with E-state index in [2.05, 4.69) is 42.1 Å². The fraction of sp³-hybridized carbons (Fsp3) is 0.533. The van der Waals surface area contributed by atoms with Gasteiger partial charge in [0.25, 0.3) is 0 Å². The van der Waals surface area contributed by atoms with E-state index in [1.54, 1.807) is 0 Å². The Morgan fingerprint density at radius 3 is 1.94 bits per heavy atom. The van der Waals surface area contributed by atoms with Crippen LogP contribution in [-0.2, 0) is 5.41 Å². The minimum absolute atomic E-state index is 0. The van der Waals surface area contributed by atoms with E-state index >= 15 is 0 Å². The first-order valence-electron chi connectivity index (χ1n) is 6.12. The van der Waals surface area contributed by atoms with Gasteiger partial charge in [0.1, 0.15) is 0 Å². The van der Waals surface area contributed by atoms with E-state index < -0.39 is 0 Å². The van der Waals surface area contributed by atoms with Gasteiger partial charge in [-0.15, -0.1) is 9.24 Å². The SMILES string of the molecule is Cc1cc(C(C)(C)C)cc(C)c1C(=O)CCP.[Li]. The molecule has 95 valence electrons. The Balaban J connectivity index is 0.00000289. The number of aryl methyl sites for hydroxylation is 2. The summed E-state index contributed by atoms with van der Waals surface area (Å²) >= 11 is 0. The van der Waals surface area contributed by atoms with Gasteiger partial charge in [0.2, 0.25) is 0 Å². The van der Waals surface area contributed by atoms with Gasteiger partial charge in [0.15, 0.2) is 5.78 Å². The number of ketones is 1. The van der Waals surface area contributed by atoms with Gasteiger partial charge < -0.3 is 0 Å². The molecule has 3 heteroatoms. The van der Waals surface area contributed by atoms with Crippen molar-refractivity contribution < 1.29 is 4.79 Å². The molecule has 1 unspecified atom stereocenters. The summed E-state index contributed by atoms with van der Waals surface area (Å²) in [7, 11) is 2.61. The first-order chi connectivity index (χ1) is 7.77. The van der Waals surface area contributed by atoms with Crippen molar-refractivity contribution in [1.29, 1.82) is 0 Å². The van der Waals surface area contributed by atoms with Crippen molar-refractivity contribution in [2.24, 2.45) is 0 Å². The predicted octanol–water partition coefficient (Wildman–Crippen LogP) is 3.67. The Morgan fingerprint density at radius 2 is 1.61 bits per heavy atom. The van der Waals surface area contributed by atoms with Crippen molar-refractivity contribution >= 4 is 33.9 Å². The van der Waals surface area contributed by atoms with E-state index in [1.807, 2.05) is 13.8 Å². The number of hydrogen-bond acceptors (Lipinski definition) is 1. The van der Waals surface area contributed by atoms with Crippen LogP contribution in [0.2, 0.25) is 0 Å². The van der Waals surface area contributed by atoms with Crippen molar-refractivity contribution in [3.63, 3.8) is 0 Å². The molecule has 1 nitrogen and oxygen atoms in total. The molecule has 0 fully saturated rings. The first-order valence-corrected chi connectivity index (χ1v) is 6.94. The van der Waals surface area contributed by atoms with Gasteiger partial charge in [-0.1, -0.05) is 32.9 Å². The molecule has 0 aromatic heterocycles. The summed E-state index contributed by atoms with van der Waals surface area (Å²) in [5, 5.41) is 0. The second-order valence-electron chi connectivity index (χ2n) is 5.70. The molecule has 0 spiro atoms. The quantitative estimate of drug-likeness (QED) is 0.458. The van der Waals surface area contributed by atoms with Crippen LogP contribution < -0.4 is 0 Å². The zero-order valence-electron chi connectivity index (χ0n) is 12.6. The van der Waals surface area contributed by atoms with Crippen LogP contribution in [0, 0.1) is 13.8 Å². The maximum Gasteiger partial charge on any atom is 0.163 e. The van der Waals surface area contributed by atoms with E-state index in [-0.39, 0.29) is 30.1 Å². The molecule has 1 radical (unpaired) electrons.